The molecule has 10 aromatic rings. The second-order valence-electron chi connectivity index (χ2n) is 25.3. The summed E-state index contributed by atoms with van der Waals surface area (Å²) in [5.41, 5.74) is 25.9. The number of ether oxygens (including phenoxy) is 4. The summed E-state index contributed by atoms with van der Waals surface area (Å²) in [4.78, 5) is 0. The van der Waals surface area contributed by atoms with Gasteiger partial charge in [-0.2, -0.15) is 0 Å². The van der Waals surface area contributed by atoms with Crippen LogP contribution in [0.15, 0.2) is 158 Å². The van der Waals surface area contributed by atoms with Crippen LogP contribution in [0.1, 0.15) is 105 Å². The van der Waals surface area contributed by atoms with Crippen molar-refractivity contribution in [3.8, 4) is 66.8 Å². The summed E-state index contributed by atoms with van der Waals surface area (Å²) < 4.78 is 24.4. The number of benzene rings is 10. The molecule has 0 N–H and O–H groups in total. The Morgan fingerprint density at radius 3 is 1.56 bits per heavy atom. The molecule has 4 nitrogen and oxygen atoms in total. The van der Waals surface area contributed by atoms with Crippen molar-refractivity contribution >= 4 is 32.3 Å². The average Bonchev–Trinajstić information content (AvgIpc) is 4.09. The first-order chi connectivity index (χ1) is 38.4. The lowest BCUT2D eigenvalue weighted by Gasteiger charge is -2.33. The molecule has 4 heteroatoms. The summed E-state index contributed by atoms with van der Waals surface area (Å²) in [6, 6.07) is 62.2. The largest absolute Gasteiger partial charge is 0.379 e. The summed E-state index contributed by atoms with van der Waals surface area (Å²) in [5.74, 6) is 0.616. The molecule has 79 heavy (non-hydrogen) atoms. The molecule has 4 atom stereocenters. The van der Waals surface area contributed by atoms with Gasteiger partial charge in [0.05, 0.1) is 33.0 Å². The minimum Gasteiger partial charge on any atom is -0.379 e. The summed E-state index contributed by atoms with van der Waals surface area (Å²) in [6.45, 7) is 20.5. The summed E-state index contributed by atoms with van der Waals surface area (Å²) in [6.07, 6.45) is 4.33. The lowest BCUT2D eigenvalue weighted by atomic mass is 9.74. The first-order valence-electron chi connectivity index (χ1n) is 29.3. The molecule has 2 saturated heterocycles. The fourth-order valence-corrected chi connectivity index (χ4v) is 14.8. The SMILES string of the molecule is CCC1(C)c2cc(C)ccc2-c2ccc(-c3ccc4c(c3)C(CCCOCC3CO3)(COCC3CO3)c3cc(-c5ccc6c(c5)C(C)(C)c5cc(-c7ccc8ccc9cc(CC(C)C)cc%10ccc7c8c9%10)ccc5-6)ccc3-4)cc21. The van der Waals surface area contributed by atoms with Gasteiger partial charge in [-0.3, -0.25) is 0 Å². The van der Waals surface area contributed by atoms with Crippen molar-refractivity contribution in [2.24, 2.45) is 5.92 Å². The van der Waals surface area contributed by atoms with Gasteiger partial charge in [-0.25, -0.2) is 0 Å². The summed E-state index contributed by atoms with van der Waals surface area (Å²) in [5, 5.41) is 8.06. The van der Waals surface area contributed by atoms with Crippen LogP contribution >= 0.6 is 0 Å². The Morgan fingerprint density at radius 1 is 0.494 bits per heavy atom. The van der Waals surface area contributed by atoms with E-state index in [9.17, 15) is 0 Å². The van der Waals surface area contributed by atoms with Gasteiger partial charge in [0.2, 0.25) is 0 Å². The molecule has 10 aromatic carbocycles. The van der Waals surface area contributed by atoms with E-state index in [1.165, 1.54) is 144 Å². The van der Waals surface area contributed by atoms with Crippen molar-refractivity contribution < 1.29 is 18.9 Å². The number of epoxide rings is 2. The third-order valence-electron chi connectivity index (χ3n) is 19.4. The van der Waals surface area contributed by atoms with Crippen LogP contribution in [0, 0.1) is 12.8 Å². The van der Waals surface area contributed by atoms with E-state index in [-0.39, 0.29) is 23.0 Å². The molecule has 0 radical (unpaired) electrons. The zero-order valence-electron chi connectivity index (χ0n) is 46.9. The van der Waals surface area contributed by atoms with Crippen molar-refractivity contribution in [2.75, 3.05) is 39.6 Å². The van der Waals surface area contributed by atoms with Crippen LogP contribution in [0.2, 0.25) is 0 Å². The van der Waals surface area contributed by atoms with E-state index in [0.717, 1.165) is 38.9 Å². The molecular formula is C75H70O4. The monoisotopic (exact) mass is 1030 g/mol. The summed E-state index contributed by atoms with van der Waals surface area (Å²) in [7, 11) is 0. The van der Waals surface area contributed by atoms with E-state index >= 15 is 0 Å². The second-order valence-corrected chi connectivity index (χ2v) is 25.3. The Morgan fingerprint density at radius 2 is 0.962 bits per heavy atom. The highest BCUT2D eigenvalue weighted by molar-refractivity contribution is 6.25. The smallest absolute Gasteiger partial charge is 0.104 e. The Labute approximate surface area is 466 Å². The van der Waals surface area contributed by atoms with Gasteiger partial charge < -0.3 is 18.9 Å². The molecule has 4 unspecified atom stereocenters. The van der Waals surface area contributed by atoms with Crippen LogP contribution in [0.25, 0.3) is 99.1 Å². The van der Waals surface area contributed by atoms with Gasteiger partial charge in [-0.1, -0.05) is 174 Å². The second kappa shape index (κ2) is 18.3. The Balaban J connectivity index is 0.797. The van der Waals surface area contributed by atoms with E-state index in [0.29, 0.717) is 32.3 Å². The van der Waals surface area contributed by atoms with Crippen LogP contribution in [-0.4, -0.2) is 51.8 Å². The molecule has 2 heterocycles. The van der Waals surface area contributed by atoms with Crippen LogP contribution in [0.4, 0.5) is 0 Å². The first-order valence-corrected chi connectivity index (χ1v) is 29.3. The standard InChI is InChI=1S/C75H70O4/c1-8-74(7)67-31-45(4)10-20-60(67)61-23-15-49(35-68(61)74)51-17-25-63-62-24-16-50(36-69(62)75(70(63)37-51,43-77-40-56-42-79-56)28-9-29-76-39-55-41-78-55)48-14-22-58-59-26-18-52(38-66(59)73(5,6)65(58)34-48)57-21-13-47-11-12-53-32-46(30-44(2)3)33-54-19-27-64(57)72(47)71(53)54/h10-27,31-38,44,55-56H,8-9,28-30,39-43H2,1-7H3. The molecule has 0 aromatic heterocycles. The van der Waals surface area contributed by atoms with Crippen LogP contribution in [0.5, 0.6) is 0 Å². The van der Waals surface area contributed by atoms with Crippen LogP contribution in [0.3, 0.4) is 0 Å². The van der Waals surface area contributed by atoms with E-state index in [4.69, 9.17) is 18.9 Å². The van der Waals surface area contributed by atoms with Crippen LogP contribution in [-0.2, 0) is 41.6 Å². The Hall–Kier alpha value is -6.92. The zero-order chi connectivity index (χ0) is 53.5. The predicted molar refractivity (Wildman–Crippen MR) is 326 cm³/mol. The number of fused-ring (bicyclic) bond motifs is 9. The number of hydrogen-bond acceptors (Lipinski definition) is 4. The topological polar surface area (TPSA) is 43.5 Å². The highest BCUT2D eigenvalue weighted by Crippen LogP contribution is 2.57. The molecule has 0 bridgehead atoms. The van der Waals surface area contributed by atoms with Crippen LogP contribution < -0.4 is 0 Å². The van der Waals surface area contributed by atoms with Gasteiger partial charge in [0.25, 0.3) is 0 Å². The highest BCUT2D eigenvalue weighted by atomic mass is 16.6. The molecule has 15 rings (SSSR count). The average molecular weight is 1040 g/mol. The molecule has 0 amide bonds. The maximum atomic E-state index is 6.85. The van der Waals surface area contributed by atoms with E-state index in [2.05, 4.69) is 206 Å². The van der Waals surface area contributed by atoms with E-state index in [1.54, 1.807) is 0 Å². The predicted octanol–water partition coefficient (Wildman–Crippen LogP) is 18.0. The van der Waals surface area contributed by atoms with Crippen molar-refractivity contribution in [2.45, 2.75) is 103 Å². The third kappa shape index (κ3) is 7.91. The molecule has 2 fully saturated rings. The van der Waals surface area contributed by atoms with Gasteiger partial charge in [-0.15, -0.1) is 0 Å². The fraction of sp³-hybridized carbons (Fsp3) is 0.307. The quantitative estimate of drug-likeness (QED) is 0.0549. The highest BCUT2D eigenvalue weighted by Gasteiger charge is 2.45. The normalized spacial score (nSPS) is 20.7. The number of rotatable bonds is 16. The third-order valence-corrected chi connectivity index (χ3v) is 19.4. The van der Waals surface area contributed by atoms with Gasteiger partial charge in [0, 0.05) is 22.9 Å². The van der Waals surface area contributed by atoms with Gasteiger partial charge >= 0.3 is 0 Å². The first kappa shape index (κ1) is 49.1. The van der Waals surface area contributed by atoms with Gasteiger partial charge in [0.15, 0.2) is 0 Å². The minimum atomic E-state index is -0.405. The zero-order valence-corrected chi connectivity index (χ0v) is 46.9. The number of aryl methyl sites for hydroxylation is 1. The lowest BCUT2D eigenvalue weighted by molar-refractivity contribution is 0.0714. The molecule has 2 aliphatic heterocycles. The summed E-state index contributed by atoms with van der Waals surface area (Å²) >= 11 is 0. The molecular weight excluding hydrogens is 965 g/mol. The Kier molecular flexibility index (Phi) is 11.4. The number of hydrogen-bond donors (Lipinski definition) is 0. The van der Waals surface area contributed by atoms with Crippen molar-refractivity contribution in [1.29, 1.82) is 0 Å². The maximum absolute atomic E-state index is 6.85. The maximum Gasteiger partial charge on any atom is 0.104 e. The van der Waals surface area contributed by atoms with Gasteiger partial charge in [0.1, 0.15) is 12.2 Å². The van der Waals surface area contributed by atoms with Crippen molar-refractivity contribution in [1.82, 2.24) is 0 Å². The Bertz CT molecular complexity index is 4090. The van der Waals surface area contributed by atoms with Crippen molar-refractivity contribution in [3.63, 3.8) is 0 Å². The lowest BCUT2D eigenvalue weighted by Crippen LogP contribution is -2.32. The molecule has 394 valence electrons. The minimum absolute atomic E-state index is 0.0488. The fourth-order valence-electron chi connectivity index (χ4n) is 14.8. The molecule has 0 saturated carbocycles. The molecule has 0 spiro atoms. The van der Waals surface area contributed by atoms with E-state index < -0.39 is 5.41 Å². The van der Waals surface area contributed by atoms with E-state index in [1.807, 2.05) is 0 Å². The molecule has 3 aliphatic carbocycles. The van der Waals surface area contributed by atoms with Gasteiger partial charge in [-0.05, 0) is 207 Å². The molecule has 5 aliphatic rings. The van der Waals surface area contributed by atoms with Crippen molar-refractivity contribution in [3.05, 3.63) is 202 Å².